The zero-order valence-electron chi connectivity index (χ0n) is 21.7. The van der Waals surface area contributed by atoms with E-state index in [-0.39, 0.29) is 24.9 Å². The van der Waals surface area contributed by atoms with Crippen molar-refractivity contribution >= 4 is 33.5 Å². The summed E-state index contributed by atoms with van der Waals surface area (Å²) in [7, 11) is 3.83. The SMILES string of the molecule is CCOC(=O)CC1(C(C)CC)OCCc2c1[nH]c1c(C)c(OCc3nsc(N(C)C)n3)cc(C#N)c21. The first-order chi connectivity index (χ1) is 17.2. The smallest absolute Gasteiger partial charge is 0.309 e. The molecular weight excluding hydrogens is 478 g/mol. The van der Waals surface area contributed by atoms with Crippen molar-refractivity contribution in [2.45, 2.75) is 59.2 Å². The molecule has 1 aliphatic heterocycles. The van der Waals surface area contributed by atoms with Gasteiger partial charge in [0.2, 0.25) is 5.13 Å². The van der Waals surface area contributed by atoms with E-state index >= 15 is 0 Å². The van der Waals surface area contributed by atoms with Crippen molar-refractivity contribution in [3.8, 4) is 11.8 Å². The first kappa shape index (κ1) is 25.9. The van der Waals surface area contributed by atoms with E-state index in [0.29, 0.717) is 36.8 Å². The van der Waals surface area contributed by atoms with Gasteiger partial charge in [0.05, 0.1) is 42.5 Å². The molecule has 0 aliphatic carbocycles. The number of rotatable bonds is 9. The lowest BCUT2D eigenvalue weighted by Gasteiger charge is -2.41. The third-order valence-corrected chi connectivity index (χ3v) is 7.89. The topological polar surface area (TPSA) is 113 Å². The summed E-state index contributed by atoms with van der Waals surface area (Å²) in [5.74, 6) is 0.945. The van der Waals surface area contributed by atoms with Crippen LogP contribution in [0.1, 0.15) is 61.8 Å². The molecule has 4 rings (SSSR count). The van der Waals surface area contributed by atoms with Gasteiger partial charge in [0.25, 0.3) is 0 Å². The van der Waals surface area contributed by atoms with E-state index in [9.17, 15) is 10.1 Å². The van der Waals surface area contributed by atoms with Crippen LogP contribution in [-0.2, 0) is 32.9 Å². The minimum absolute atomic E-state index is 0.0530. The van der Waals surface area contributed by atoms with E-state index in [1.807, 2.05) is 25.9 Å². The largest absolute Gasteiger partial charge is 0.485 e. The lowest BCUT2D eigenvalue weighted by atomic mass is 9.77. The highest BCUT2D eigenvalue weighted by atomic mass is 32.1. The molecule has 0 saturated heterocycles. The van der Waals surface area contributed by atoms with E-state index in [4.69, 9.17) is 14.2 Å². The fourth-order valence-electron chi connectivity index (χ4n) is 4.89. The molecule has 2 unspecified atom stereocenters. The summed E-state index contributed by atoms with van der Waals surface area (Å²) in [6.07, 6.45) is 1.59. The fraction of sp³-hybridized carbons (Fsp3) is 0.538. The molecule has 0 bridgehead atoms. The lowest BCUT2D eigenvalue weighted by Crippen LogP contribution is -2.43. The van der Waals surface area contributed by atoms with Gasteiger partial charge in [-0.25, -0.2) is 0 Å². The maximum atomic E-state index is 12.7. The highest BCUT2D eigenvalue weighted by Crippen LogP contribution is 2.47. The van der Waals surface area contributed by atoms with Gasteiger partial charge in [0.1, 0.15) is 18.0 Å². The number of aryl methyl sites for hydroxylation is 1. The Bertz CT molecular complexity index is 1310. The minimum atomic E-state index is -0.846. The van der Waals surface area contributed by atoms with Crippen LogP contribution < -0.4 is 9.64 Å². The Morgan fingerprint density at radius 1 is 1.42 bits per heavy atom. The van der Waals surface area contributed by atoms with Crippen molar-refractivity contribution in [2.75, 3.05) is 32.2 Å². The number of fused-ring (bicyclic) bond motifs is 3. The molecule has 0 fully saturated rings. The Kier molecular flexibility index (Phi) is 7.52. The van der Waals surface area contributed by atoms with Gasteiger partial charge in [-0.1, -0.05) is 20.3 Å². The standard InChI is InChI=1S/C26H33N5O4S/c1-7-15(3)26(12-21(32)33-8-2)24-18(9-10-35-26)22-17(13-27)11-19(16(4)23(22)29-24)34-14-20-28-25(31(5)6)36-30-20/h11,15,29H,7-10,12,14H2,1-6H3. The van der Waals surface area contributed by atoms with Crippen LogP contribution in [0.4, 0.5) is 5.13 Å². The van der Waals surface area contributed by atoms with Gasteiger partial charge in [-0.3, -0.25) is 4.79 Å². The van der Waals surface area contributed by atoms with Crippen molar-refractivity contribution in [2.24, 2.45) is 5.92 Å². The minimum Gasteiger partial charge on any atom is -0.485 e. The zero-order valence-corrected chi connectivity index (χ0v) is 22.5. The Morgan fingerprint density at radius 2 is 2.19 bits per heavy atom. The molecule has 192 valence electrons. The van der Waals surface area contributed by atoms with Gasteiger partial charge in [-0.15, -0.1) is 0 Å². The number of aromatic nitrogens is 3. The first-order valence-corrected chi connectivity index (χ1v) is 13.0. The molecule has 9 nitrogen and oxygen atoms in total. The number of aromatic amines is 1. The van der Waals surface area contributed by atoms with E-state index in [2.05, 4.69) is 34.3 Å². The van der Waals surface area contributed by atoms with Crippen molar-refractivity contribution < 1.29 is 19.0 Å². The lowest BCUT2D eigenvalue weighted by molar-refractivity contribution is -0.160. The van der Waals surface area contributed by atoms with Gasteiger partial charge >= 0.3 is 5.97 Å². The third kappa shape index (κ3) is 4.53. The van der Waals surface area contributed by atoms with Crippen LogP contribution in [0.5, 0.6) is 5.75 Å². The number of H-pyrrole nitrogens is 1. The monoisotopic (exact) mass is 511 g/mol. The number of carbonyl (C=O) groups is 1. The predicted molar refractivity (Wildman–Crippen MR) is 138 cm³/mol. The summed E-state index contributed by atoms with van der Waals surface area (Å²) in [6.45, 7) is 8.94. The van der Waals surface area contributed by atoms with Crippen molar-refractivity contribution in [3.63, 3.8) is 0 Å². The molecule has 3 heterocycles. The second-order valence-electron chi connectivity index (χ2n) is 9.34. The number of nitrogens with zero attached hydrogens (tertiary/aromatic N) is 4. The highest BCUT2D eigenvalue weighted by molar-refractivity contribution is 7.09. The molecule has 0 radical (unpaired) electrons. The first-order valence-electron chi connectivity index (χ1n) is 12.3. The number of nitriles is 1. The Balaban J connectivity index is 1.79. The number of anilines is 1. The molecule has 1 aliphatic rings. The van der Waals surface area contributed by atoms with E-state index in [1.54, 1.807) is 13.0 Å². The molecule has 2 atom stereocenters. The summed E-state index contributed by atoms with van der Waals surface area (Å²) in [5, 5.41) is 11.7. The zero-order chi connectivity index (χ0) is 26.0. The van der Waals surface area contributed by atoms with Crippen LogP contribution in [0, 0.1) is 24.2 Å². The van der Waals surface area contributed by atoms with Crippen LogP contribution >= 0.6 is 11.5 Å². The van der Waals surface area contributed by atoms with Crippen LogP contribution in [0.3, 0.4) is 0 Å². The van der Waals surface area contributed by atoms with Gasteiger partial charge in [0, 0.05) is 36.6 Å². The van der Waals surface area contributed by atoms with Crippen LogP contribution in [0.15, 0.2) is 6.07 Å². The second kappa shape index (κ2) is 10.4. The molecule has 0 saturated carbocycles. The van der Waals surface area contributed by atoms with Crippen LogP contribution in [0.25, 0.3) is 10.9 Å². The molecule has 36 heavy (non-hydrogen) atoms. The quantitative estimate of drug-likeness (QED) is 0.414. The molecular formula is C26H33N5O4S. The van der Waals surface area contributed by atoms with E-state index in [0.717, 1.165) is 39.3 Å². The normalized spacial score (nSPS) is 17.9. The molecule has 3 aromatic rings. The average molecular weight is 512 g/mol. The summed E-state index contributed by atoms with van der Waals surface area (Å²) < 4.78 is 22.2. The highest BCUT2D eigenvalue weighted by Gasteiger charge is 2.46. The third-order valence-electron chi connectivity index (χ3n) is 6.97. The summed E-state index contributed by atoms with van der Waals surface area (Å²) >= 11 is 1.31. The molecule has 1 aromatic carbocycles. The number of carbonyl (C=O) groups excluding carboxylic acids is 1. The van der Waals surface area contributed by atoms with E-state index < -0.39 is 5.60 Å². The molecule has 2 aromatic heterocycles. The number of ether oxygens (including phenoxy) is 3. The average Bonchev–Trinajstić information content (AvgIpc) is 3.50. The number of esters is 1. The fourth-order valence-corrected chi connectivity index (χ4v) is 5.48. The number of benzene rings is 1. The number of hydrogen-bond acceptors (Lipinski definition) is 9. The summed E-state index contributed by atoms with van der Waals surface area (Å²) in [5.41, 5.74) is 3.29. The Labute approximate surface area is 215 Å². The van der Waals surface area contributed by atoms with Gasteiger partial charge in [-0.2, -0.15) is 14.6 Å². The summed E-state index contributed by atoms with van der Waals surface area (Å²) in [6, 6.07) is 4.14. The van der Waals surface area contributed by atoms with Crippen molar-refractivity contribution in [1.82, 2.24) is 14.3 Å². The maximum Gasteiger partial charge on any atom is 0.309 e. The second-order valence-corrected chi connectivity index (χ2v) is 10.1. The van der Waals surface area contributed by atoms with Gasteiger partial charge in [0.15, 0.2) is 5.82 Å². The molecule has 0 amide bonds. The van der Waals surface area contributed by atoms with Gasteiger partial charge in [-0.05, 0) is 37.8 Å². The number of nitrogens with one attached hydrogen (secondary N) is 1. The number of hydrogen-bond donors (Lipinski definition) is 1. The molecule has 10 heteroatoms. The van der Waals surface area contributed by atoms with Crippen LogP contribution in [-0.4, -0.2) is 47.6 Å². The molecule has 1 N–H and O–H groups in total. The van der Waals surface area contributed by atoms with Crippen molar-refractivity contribution in [3.05, 3.63) is 34.3 Å². The van der Waals surface area contributed by atoms with E-state index in [1.165, 1.54) is 11.5 Å². The van der Waals surface area contributed by atoms with Crippen molar-refractivity contribution in [1.29, 1.82) is 5.26 Å². The maximum absolute atomic E-state index is 12.7. The molecule has 0 spiro atoms. The predicted octanol–water partition coefficient (Wildman–Crippen LogP) is 4.61. The Morgan fingerprint density at radius 3 is 2.83 bits per heavy atom. The summed E-state index contributed by atoms with van der Waals surface area (Å²) in [4.78, 5) is 22.6. The van der Waals surface area contributed by atoms with Crippen LogP contribution in [0.2, 0.25) is 0 Å². The Hall–Kier alpha value is -3.16. The van der Waals surface area contributed by atoms with Gasteiger partial charge < -0.3 is 24.1 Å².